The normalized spacial score (nSPS) is 11.5. The van der Waals surface area contributed by atoms with Crippen molar-refractivity contribution in [3.8, 4) is 0 Å². The van der Waals surface area contributed by atoms with Gasteiger partial charge in [-0.2, -0.15) is 183 Å². The molecule has 0 N–H and O–H groups in total. The maximum absolute atomic E-state index is 14.2. The van der Waals surface area contributed by atoms with Crippen LogP contribution in [-0.2, 0) is 102 Å². The van der Waals surface area contributed by atoms with Gasteiger partial charge in [-0.05, 0) is 36.4 Å². The molecule has 0 heterocycles. The third-order valence-corrected chi connectivity index (χ3v) is 14.8. The molecule has 0 saturated carbocycles. The zero-order chi connectivity index (χ0) is 72.8. The molecule has 33 heteroatoms. The Kier molecular flexibility index (Phi) is 37.1. The quantitative estimate of drug-likeness (QED) is 0.0553. The zero-order valence-corrected chi connectivity index (χ0v) is 54.4. The van der Waals surface area contributed by atoms with Crippen molar-refractivity contribution in [2.24, 2.45) is 0 Å². The van der Waals surface area contributed by atoms with Crippen LogP contribution in [0.5, 0.6) is 0 Å². The average Bonchev–Trinajstić information content (AvgIpc) is 1.30. The summed E-state index contributed by atoms with van der Waals surface area (Å²) in [6.07, 6.45) is -54.8. The van der Waals surface area contributed by atoms with Gasteiger partial charge in [0.25, 0.3) is 0 Å². The number of alkyl halides is 24. The summed E-state index contributed by atoms with van der Waals surface area (Å²) in [6.45, 7) is 40.0. The minimum absolute atomic E-state index is 0. The maximum Gasteiger partial charge on any atom is 2.00 e. The van der Waals surface area contributed by atoms with E-state index < -0.39 is 195 Å². The van der Waals surface area contributed by atoms with Gasteiger partial charge in [0, 0.05) is 0 Å². The van der Waals surface area contributed by atoms with Crippen LogP contribution in [0.25, 0.3) is 0 Å². The Bertz CT molecular complexity index is 3010. The number of hydrogen-bond donors (Lipinski definition) is 0. The SMILES string of the molecule is Cc1c(C)c(C)[c-](C)c1C.Cc1c(C)c(C)[c-](C)c1C.FC(F)(F)c1cc([B-](c2cc(C(F)(F)F)cc(C(F)(F)F)c2)(c2cc(C(F)(F)F)cc(C(F)(F)F)c2)c2cc(C(F)(F)F)cc(C(F)(F)F)c2)cc(C(F)(F)F)c1.Fc1ccccc1.[C-]#[O+].[C-]#[O+].[C-]#[O+].[C-]#[O+].[Fe+2].[Fe+2].[I-]. The Morgan fingerprint density at radius 2 is 0.421 bits per heavy atom. The molecule has 95 heavy (non-hydrogen) atoms. The maximum atomic E-state index is 14.2. The van der Waals surface area contributed by atoms with Crippen LogP contribution in [0, 0.1) is 102 Å². The van der Waals surface area contributed by atoms with E-state index in [-0.39, 0.29) is 63.9 Å². The molecule has 0 radical (unpaired) electrons. The molecule has 0 aliphatic rings. The van der Waals surface area contributed by atoms with Gasteiger partial charge < -0.3 is 24.0 Å². The van der Waals surface area contributed by atoms with Crippen molar-refractivity contribution in [3.63, 3.8) is 0 Å². The average molecular weight is 1580 g/mol. The molecule has 0 fully saturated rings. The topological polar surface area (TPSA) is 79.6 Å². The predicted molar refractivity (Wildman–Crippen MR) is 284 cm³/mol. The number of halogens is 26. The third-order valence-electron chi connectivity index (χ3n) is 14.8. The molecule has 0 aliphatic heterocycles. The van der Waals surface area contributed by atoms with E-state index in [0.29, 0.717) is 0 Å². The molecule has 0 amide bonds. The predicted octanol–water partition coefficient (Wildman–Crippen LogP) is 15.8. The molecule has 520 valence electrons. The van der Waals surface area contributed by atoms with E-state index >= 15 is 0 Å². The van der Waals surface area contributed by atoms with Crippen LogP contribution in [0.2, 0.25) is 0 Å². The Labute approximate surface area is 565 Å². The second-order valence-corrected chi connectivity index (χ2v) is 19.8. The summed E-state index contributed by atoms with van der Waals surface area (Å²) in [6, 6.07) is -0.872. The van der Waals surface area contributed by atoms with Crippen LogP contribution < -0.4 is 45.8 Å². The number of benzene rings is 5. The van der Waals surface area contributed by atoms with E-state index in [1.807, 2.05) is 0 Å². The van der Waals surface area contributed by atoms with E-state index in [9.17, 15) is 110 Å². The van der Waals surface area contributed by atoms with Crippen LogP contribution in [0.15, 0.2) is 103 Å². The van der Waals surface area contributed by atoms with Crippen LogP contribution >= 0.6 is 0 Å². The van der Waals surface area contributed by atoms with Gasteiger partial charge in [-0.25, -0.2) is 4.39 Å². The van der Waals surface area contributed by atoms with Crippen LogP contribution in [0.3, 0.4) is 0 Å². The van der Waals surface area contributed by atoms with E-state index in [4.69, 9.17) is 18.6 Å². The smallest absolute Gasteiger partial charge is 1.00 e. The number of rotatable bonds is 4. The van der Waals surface area contributed by atoms with Crippen molar-refractivity contribution in [2.75, 3.05) is 0 Å². The zero-order valence-electron chi connectivity index (χ0n) is 50.1. The summed E-state index contributed by atoms with van der Waals surface area (Å²) in [5, 5.41) is 0. The Balaban J connectivity index is -0.000000881. The molecule has 7 rings (SSSR count). The fraction of sp³-hybridized carbons (Fsp3) is 0.290. The van der Waals surface area contributed by atoms with Crippen LogP contribution in [0.1, 0.15) is 100 Å². The monoisotopic (exact) mass is 1580 g/mol. The second kappa shape index (κ2) is 37.0. The largest absolute Gasteiger partial charge is 2.00 e. The molecule has 0 aromatic heterocycles. The summed E-state index contributed by atoms with van der Waals surface area (Å²) in [4.78, 5) is 0. The molecule has 7 aromatic carbocycles. The molecule has 4 nitrogen and oxygen atoms in total. The van der Waals surface area contributed by atoms with Crippen molar-refractivity contribution >= 4 is 28.0 Å². The van der Waals surface area contributed by atoms with Crippen LogP contribution in [-0.4, -0.2) is 6.15 Å². The van der Waals surface area contributed by atoms with Gasteiger partial charge >= 0.3 is 129 Å². The molecule has 0 aliphatic carbocycles. The van der Waals surface area contributed by atoms with E-state index in [1.165, 1.54) is 67.8 Å². The van der Waals surface area contributed by atoms with Crippen molar-refractivity contribution in [1.29, 1.82) is 0 Å². The first-order valence-corrected chi connectivity index (χ1v) is 25.0. The summed E-state index contributed by atoms with van der Waals surface area (Å²) in [5.41, 5.74) is -15.5. The molecule has 0 atom stereocenters. The van der Waals surface area contributed by atoms with Gasteiger partial charge in [0.05, 0.1) is 44.5 Å². The van der Waals surface area contributed by atoms with Gasteiger partial charge in [0.2, 0.25) is 0 Å². The van der Waals surface area contributed by atoms with Gasteiger partial charge in [0.15, 0.2) is 0 Å². The summed E-state index contributed by atoms with van der Waals surface area (Å²) >= 11 is 0. The van der Waals surface area contributed by atoms with E-state index in [2.05, 4.69) is 95.8 Å². The summed E-state index contributed by atoms with van der Waals surface area (Å²) in [7, 11) is 0. The third kappa shape index (κ3) is 24.7. The molecule has 0 bridgehead atoms. The van der Waals surface area contributed by atoms with Crippen molar-refractivity contribution in [1.82, 2.24) is 0 Å². The Hall–Kier alpha value is -6.16. The summed E-state index contributed by atoms with van der Waals surface area (Å²) in [5.74, 6) is -0.178. The van der Waals surface area contributed by atoms with Crippen molar-refractivity contribution in [2.45, 2.75) is 119 Å². The Morgan fingerprint density at radius 1 is 0.284 bits per heavy atom. The van der Waals surface area contributed by atoms with Gasteiger partial charge in [-0.3, -0.25) is 0 Å². The molecule has 7 aromatic rings. The fourth-order valence-corrected chi connectivity index (χ4v) is 9.30. The summed E-state index contributed by atoms with van der Waals surface area (Å²) < 4.78 is 383. The standard InChI is InChI=1S/C32H12BF24.2C10H15.C6H5F.4CO.2Fe.HI/c34-25(35,36)13-1-14(26(37,38)39)6-21(5-13)33(22-7-15(27(40,41)42)2-16(8-22)28(43,44)45,23-9-17(29(46,47)48)3-18(10-23)30(49,50)51)24-11-19(31(52,53)54)4-20(12-24)32(55,56)57;2*1-6-7(2)9(4)10(5)8(6)3;7-6-4-2-1-3-5-6;4*1-2;;;/h1-12H;2*1-5H3;1-5H;;;;;;;1H/q3*-1;;;;;;2*+2;/p-1. The molecular weight excluding hydrogens is 1530 g/mol. The van der Waals surface area contributed by atoms with E-state index in [1.54, 1.807) is 18.2 Å². The molecule has 0 saturated heterocycles. The van der Waals surface area contributed by atoms with Gasteiger partial charge in [-0.15, -0.1) is 0 Å². The molecule has 0 unspecified atom stereocenters. The first-order valence-electron chi connectivity index (χ1n) is 25.0. The second-order valence-electron chi connectivity index (χ2n) is 19.8. The van der Waals surface area contributed by atoms with Crippen molar-refractivity contribution in [3.05, 3.63) is 236 Å². The first kappa shape index (κ1) is 95.2. The number of hydrogen-bond acceptors (Lipinski definition) is 0. The van der Waals surface area contributed by atoms with Crippen molar-refractivity contribution < 1.29 is 186 Å². The van der Waals surface area contributed by atoms with E-state index in [0.717, 1.165) is 0 Å². The fourth-order valence-electron chi connectivity index (χ4n) is 9.30. The van der Waals surface area contributed by atoms with Gasteiger partial charge in [0.1, 0.15) is 12.0 Å². The molecular formula is C62H47BF25Fe2IO4. The minimum atomic E-state index is -6.13. The first-order chi connectivity index (χ1) is 41.8. The Morgan fingerprint density at radius 3 is 0.505 bits per heavy atom. The molecule has 0 spiro atoms. The van der Waals surface area contributed by atoms with Crippen LogP contribution in [0.4, 0.5) is 110 Å². The minimum Gasteiger partial charge on any atom is -1.00 e. The van der Waals surface area contributed by atoms with Gasteiger partial charge in [-0.1, -0.05) is 136 Å².